The van der Waals surface area contributed by atoms with Gasteiger partial charge in [-0.2, -0.15) is 0 Å². The molecule has 3 unspecified atom stereocenters. The zero-order valence-electron chi connectivity index (χ0n) is 7.95. The summed E-state index contributed by atoms with van der Waals surface area (Å²) in [7, 11) is 0. The fraction of sp³-hybridized carbons (Fsp3) is 1.00. The number of aliphatic hydroxyl groups excluding tert-OH is 1. The number of alkyl halides is 1. The maximum absolute atomic E-state index is 9.71. The standard InChI is InChI=1S/C10H18BrNO/c11-4-1-5-12-6-8-2-3-10(13)9(8)7-12/h8-10,13H,1-7H2. The molecule has 2 fully saturated rings. The van der Waals surface area contributed by atoms with Gasteiger partial charge in [-0.3, -0.25) is 0 Å². The number of nitrogens with zero attached hydrogens (tertiary/aromatic N) is 1. The number of aliphatic hydroxyl groups is 1. The molecule has 1 heterocycles. The summed E-state index contributed by atoms with van der Waals surface area (Å²) in [6.45, 7) is 3.57. The van der Waals surface area contributed by atoms with E-state index >= 15 is 0 Å². The van der Waals surface area contributed by atoms with Crippen LogP contribution in [0.1, 0.15) is 19.3 Å². The van der Waals surface area contributed by atoms with Crippen LogP contribution < -0.4 is 0 Å². The lowest BCUT2D eigenvalue weighted by molar-refractivity contribution is 0.124. The number of rotatable bonds is 3. The second kappa shape index (κ2) is 4.28. The van der Waals surface area contributed by atoms with Crippen molar-refractivity contribution in [1.29, 1.82) is 0 Å². The van der Waals surface area contributed by atoms with Gasteiger partial charge >= 0.3 is 0 Å². The van der Waals surface area contributed by atoms with Gasteiger partial charge in [-0.25, -0.2) is 0 Å². The van der Waals surface area contributed by atoms with Crippen LogP contribution >= 0.6 is 15.9 Å². The Kier molecular flexibility index (Phi) is 3.27. The van der Waals surface area contributed by atoms with E-state index in [2.05, 4.69) is 20.8 Å². The van der Waals surface area contributed by atoms with Crippen LogP contribution in [0.3, 0.4) is 0 Å². The van der Waals surface area contributed by atoms with Gasteiger partial charge in [-0.1, -0.05) is 15.9 Å². The number of hydrogen-bond donors (Lipinski definition) is 1. The number of hydrogen-bond acceptors (Lipinski definition) is 2. The van der Waals surface area contributed by atoms with Crippen molar-refractivity contribution in [3.05, 3.63) is 0 Å². The lowest BCUT2D eigenvalue weighted by Gasteiger charge is -2.16. The molecule has 2 rings (SSSR count). The summed E-state index contributed by atoms with van der Waals surface area (Å²) in [6.07, 6.45) is 3.52. The van der Waals surface area contributed by atoms with Crippen LogP contribution in [0, 0.1) is 11.8 Å². The molecular weight excluding hydrogens is 230 g/mol. The zero-order valence-corrected chi connectivity index (χ0v) is 9.54. The van der Waals surface area contributed by atoms with Gasteiger partial charge in [-0.15, -0.1) is 0 Å². The molecule has 1 aliphatic heterocycles. The van der Waals surface area contributed by atoms with Gasteiger partial charge in [0.1, 0.15) is 0 Å². The molecule has 0 aromatic heterocycles. The second-order valence-electron chi connectivity index (χ2n) is 4.37. The van der Waals surface area contributed by atoms with Gasteiger partial charge < -0.3 is 10.0 Å². The summed E-state index contributed by atoms with van der Waals surface area (Å²) < 4.78 is 0. The van der Waals surface area contributed by atoms with Gasteiger partial charge in [0.2, 0.25) is 0 Å². The largest absolute Gasteiger partial charge is 0.393 e. The first kappa shape index (κ1) is 9.94. The molecule has 1 saturated carbocycles. The van der Waals surface area contributed by atoms with Crippen molar-refractivity contribution in [3.8, 4) is 0 Å². The number of fused-ring (bicyclic) bond motifs is 1. The van der Waals surface area contributed by atoms with E-state index in [1.165, 1.54) is 25.9 Å². The summed E-state index contributed by atoms with van der Waals surface area (Å²) in [5.41, 5.74) is 0. The van der Waals surface area contributed by atoms with Gasteiger partial charge in [0.25, 0.3) is 0 Å². The van der Waals surface area contributed by atoms with E-state index in [1.807, 2.05) is 0 Å². The summed E-state index contributed by atoms with van der Waals surface area (Å²) >= 11 is 3.45. The molecule has 13 heavy (non-hydrogen) atoms. The van der Waals surface area contributed by atoms with Crippen molar-refractivity contribution in [1.82, 2.24) is 4.90 Å². The molecule has 3 atom stereocenters. The molecule has 1 aliphatic carbocycles. The highest BCUT2D eigenvalue weighted by Crippen LogP contribution is 2.37. The summed E-state index contributed by atoms with van der Waals surface area (Å²) in [4.78, 5) is 2.51. The first-order valence-electron chi connectivity index (χ1n) is 5.27. The second-order valence-corrected chi connectivity index (χ2v) is 5.16. The van der Waals surface area contributed by atoms with Crippen molar-refractivity contribution in [2.24, 2.45) is 11.8 Å². The van der Waals surface area contributed by atoms with Crippen LogP contribution in [0.2, 0.25) is 0 Å². The predicted molar refractivity (Wildman–Crippen MR) is 57.1 cm³/mol. The fourth-order valence-corrected chi connectivity index (χ4v) is 3.05. The molecular formula is C10H18BrNO. The first-order chi connectivity index (χ1) is 6.31. The number of likely N-dealkylation sites (tertiary alicyclic amines) is 1. The van der Waals surface area contributed by atoms with E-state index in [0.717, 1.165) is 24.2 Å². The highest BCUT2D eigenvalue weighted by atomic mass is 79.9. The van der Waals surface area contributed by atoms with Crippen LogP contribution in [-0.4, -0.2) is 41.1 Å². The molecule has 2 aliphatic rings. The van der Waals surface area contributed by atoms with Crippen molar-refractivity contribution < 1.29 is 5.11 Å². The maximum Gasteiger partial charge on any atom is 0.0583 e. The Morgan fingerprint density at radius 1 is 1.31 bits per heavy atom. The van der Waals surface area contributed by atoms with Crippen molar-refractivity contribution in [3.63, 3.8) is 0 Å². The Morgan fingerprint density at radius 2 is 2.15 bits per heavy atom. The van der Waals surface area contributed by atoms with Crippen LogP contribution in [-0.2, 0) is 0 Å². The van der Waals surface area contributed by atoms with Gasteiger partial charge in [0.05, 0.1) is 6.10 Å². The smallest absolute Gasteiger partial charge is 0.0583 e. The topological polar surface area (TPSA) is 23.5 Å². The minimum Gasteiger partial charge on any atom is -0.393 e. The van der Waals surface area contributed by atoms with Crippen LogP contribution in [0.25, 0.3) is 0 Å². The van der Waals surface area contributed by atoms with E-state index in [-0.39, 0.29) is 6.10 Å². The zero-order chi connectivity index (χ0) is 9.26. The van der Waals surface area contributed by atoms with Crippen LogP contribution in [0.4, 0.5) is 0 Å². The molecule has 2 nitrogen and oxygen atoms in total. The summed E-state index contributed by atoms with van der Waals surface area (Å²) in [6, 6.07) is 0. The minimum atomic E-state index is -0.000953. The molecule has 0 spiro atoms. The average molecular weight is 248 g/mol. The molecule has 0 aromatic carbocycles. The van der Waals surface area contributed by atoms with Crippen LogP contribution in [0.5, 0.6) is 0 Å². The number of halogens is 1. The first-order valence-corrected chi connectivity index (χ1v) is 6.40. The monoisotopic (exact) mass is 247 g/mol. The van der Waals surface area contributed by atoms with E-state index in [4.69, 9.17) is 0 Å². The minimum absolute atomic E-state index is 0.000953. The van der Waals surface area contributed by atoms with Crippen molar-refractivity contribution in [2.75, 3.05) is 25.0 Å². The molecule has 1 saturated heterocycles. The molecule has 0 bridgehead atoms. The highest BCUT2D eigenvalue weighted by molar-refractivity contribution is 9.09. The normalized spacial score (nSPS) is 39.7. The molecule has 0 amide bonds. The molecule has 76 valence electrons. The van der Waals surface area contributed by atoms with Crippen molar-refractivity contribution in [2.45, 2.75) is 25.4 Å². The lowest BCUT2D eigenvalue weighted by atomic mass is 10.00. The van der Waals surface area contributed by atoms with Gasteiger partial charge in [0, 0.05) is 24.3 Å². The molecule has 1 N–H and O–H groups in total. The van der Waals surface area contributed by atoms with Gasteiger partial charge in [0.15, 0.2) is 0 Å². The van der Waals surface area contributed by atoms with E-state index in [9.17, 15) is 5.11 Å². The Hall–Kier alpha value is 0.400. The molecule has 3 heteroatoms. The summed E-state index contributed by atoms with van der Waals surface area (Å²) in [5, 5.41) is 10.8. The summed E-state index contributed by atoms with van der Waals surface area (Å²) in [5.74, 6) is 1.39. The Balaban J connectivity index is 1.81. The highest BCUT2D eigenvalue weighted by Gasteiger charge is 2.41. The Labute approximate surface area is 88.4 Å². The third kappa shape index (κ3) is 2.08. The molecule has 0 aromatic rings. The van der Waals surface area contributed by atoms with E-state index in [0.29, 0.717) is 5.92 Å². The van der Waals surface area contributed by atoms with Crippen molar-refractivity contribution >= 4 is 15.9 Å². The maximum atomic E-state index is 9.71. The Bertz CT molecular complexity index is 176. The van der Waals surface area contributed by atoms with Gasteiger partial charge in [-0.05, 0) is 31.7 Å². The lowest BCUT2D eigenvalue weighted by Crippen LogP contribution is -2.25. The van der Waals surface area contributed by atoms with E-state index in [1.54, 1.807) is 0 Å². The fourth-order valence-electron chi connectivity index (χ4n) is 2.79. The third-order valence-electron chi connectivity index (χ3n) is 3.50. The SMILES string of the molecule is OC1CCC2CN(CCCBr)CC12. The average Bonchev–Trinajstić information content (AvgIpc) is 2.65. The van der Waals surface area contributed by atoms with E-state index < -0.39 is 0 Å². The quantitative estimate of drug-likeness (QED) is 0.764. The third-order valence-corrected chi connectivity index (χ3v) is 4.06. The Morgan fingerprint density at radius 3 is 2.85 bits per heavy atom. The predicted octanol–water partition coefficient (Wildman–Crippen LogP) is 1.47. The molecule has 0 radical (unpaired) electrons. The van der Waals surface area contributed by atoms with Crippen LogP contribution in [0.15, 0.2) is 0 Å².